The molecular weight excluding hydrogens is 144 g/mol. The van der Waals surface area contributed by atoms with Gasteiger partial charge >= 0.3 is 5.97 Å². The Labute approximate surface area is 65.4 Å². The third kappa shape index (κ3) is 1.03. The standard InChI is InChI=1S/C8H12O3/c9-6-3-1-2-5-4-11-8(10)7(5)6/h5-7,9H,1-4H2/t5-,6+,7+/m1/s1. The molecule has 1 heterocycles. The summed E-state index contributed by atoms with van der Waals surface area (Å²) < 4.78 is 4.87. The maximum absolute atomic E-state index is 11.0. The third-order valence-corrected chi connectivity index (χ3v) is 2.71. The van der Waals surface area contributed by atoms with Gasteiger partial charge in [-0.3, -0.25) is 4.79 Å². The molecule has 3 atom stereocenters. The molecule has 1 aliphatic heterocycles. The molecule has 2 fully saturated rings. The van der Waals surface area contributed by atoms with Crippen LogP contribution in [0, 0.1) is 11.8 Å². The van der Waals surface area contributed by atoms with Crippen LogP contribution in [0.3, 0.4) is 0 Å². The molecule has 62 valence electrons. The van der Waals surface area contributed by atoms with Crippen molar-refractivity contribution in [3.05, 3.63) is 0 Å². The highest BCUT2D eigenvalue weighted by molar-refractivity contribution is 5.75. The minimum absolute atomic E-state index is 0.192. The number of hydrogen-bond donors (Lipinski definition) is 1. The SMILES string of the molecule is O=C1OC[C@H]2CCC[C@H](O)[C@@H]12. The van der Waals surface area contributed by atoms with E-state index in [1.165, 1.54) is 0 Å². The molecule has 1 N–H and O–H groups in total. The van der Waals surface area contributed by atoms with Crippen LogP contribution in [0.15, 0.2) is 0 Å². The summed E-state index contributed by atoms with van der Waals surface area (Å²) >= 11 is 0. The molecule has 1 saturated carbocycles. The summed E-state index contributed by atoms with van der Waals surface area (Å²) in [7, 11) is 0. The lowest BCUT2D eigenvalue weighted by Gasteiger charge is -2.25. The van der Waals surface area contributed by atoms with Crippen molar-refractivity contribution in [1.82, 2.24) is 0 Å². The van der Waals surface area contributed by atoms with Crippen molar-refractivity contribution in [2.75, 3.05) is 6.61 Å². The van der Waals surface area contributed by atoms with E-state index in [0.717, 1.165) is 19.3 Å². The molecule has 0 aromatic carbocycles. The number of carbonyl (C=O) groups is 1. The molecular formula is C8H12O3. The first kappa shape index (κ1) is 7.10. The molecule has 3 heteroatoms. The van der Waals surface area contributed by atoms with Gasteiger partial charge in [0.15, 0.2) is 0 Å². The van der Waals surface area contributed by atoms with Crippen LogP contribution in [0.1, 0.15) is 19.3 Å². The van der Waals surface area contributed by atoms with Gasteiger partial charge in [-0.15, -0.1) is 0 Å². The van der Waals surface area contributed by atoms with Gasteiger partial charge in [0, 0.05) is 5.92 Å². The first-order valence-electron chi connectivity index (χ1n) is 4.14. The zero-order valence-corrected chi connectivity index (χ0v) is 6.32. The van der Waals surface area contributed by atoms with E-state index in [1.807, 2.05) is 0 Å². The predicted molar refractivity (Wildman–Crippen MR) is 37.8 cm³/mol. The van der Waals surface area contributed by atoms with E-state index in [4.69, 9.17) is 4.74 Å². The van der Waals surface area contributed by atoms with E-state index in [2.05, 4.69) is 0 Å². The minimum Gasteiger partial charge on any atom is -0.465 e. The van der Waals surface area contributed by atoms with Gasteiger partial charge in [-0.1, -0.05) is 6.42 Å². The van der Waals surface area contributed by atoms with Crippen molar-refractivity contribution in [3.8, 4) is 0 Å². The molecule has 0 spiro atoms. The molecule has 0 radical (unpaired) electrons. The lowest BCUT2D eigenvalue weighted by atomic mass is 9.79. The summed E-state index contributed by atoms with van der Waals surface area (Å²) in [5.74, 6) is -0.0998. The van der Waals surface area contributed by atoms with Gasteiger partial charge in [-0.2, -0.15) is 0 Å². The van der Waals surface area contributed by atoms with E-state index >= 15 is 0 Å². The first-order valence-corrected chi connectivity index (χ1v) is 4.14. The summed E-state index contributed by atoms with van der Waals surface area (Å²) in [6.07, 6.45) is 2.38. The van der Waals surface area contributed by atoms with Gasteiger partial charge in [0.2, 0.25) is 0 Å². The van der Waals surface area contributed by atoms with Crippen LogP contribution in [0.25, 0.3) is 0 Å². The summed E-state index contributed by atoms with van der Waals surface area (Å²) in [5, 5.41) is 9.45. The number of hydrogen-bond acceptors (Lipinski definition) is 3. The van der Waals surface area contributed by atoms with Crippen LogP contribution in [-0.2, 0) is 9.53 Å². The lowest BCUT2D eigenvalue weighted by Crippen LogP contribution is -2.33. The summed E-state index contributed by atoms with van der Waals surface area (Å²) in [5.41, 5.74) is 0. The number of rotatable bonds is 0. The van der Waals surface area contributed by atoms with Crippen LogP contribution < -0.4 is 0 Å². The average molecular weight is 156 g/mol. The Balaban J connectivity index is 2.14. The Morgan fingerprint density at radius 3 is 3.00 bits per heavy atom. The molecule has 0 amide bonds. The smallest absolute Gasteiger partial charge is 0.311 e. The third-order valence-electron chi connectivity index (χ3n) is 2.71. The average Bonchev–Trinajstić information content (AvgIpc) is 2.34. The molecule has 1 saturated heterocycles. The van der Waals surface area contributed by atoms with Crippen molar-refractivity contribution >= 4 is 5.97 Å². The van der Waals surface area contributed by atoms with Crippen LogP contribution in [0.2, 0.25) is 0 Å². The van der Waals surface area contributed by atoms with Crippen LogP contribution >= 0.6 is 0 Å². The van der Waals surface area contributed by atoms with E-state index in [9.17, 15) is 9.90 Å². The molecule has 3 nitrogen and oxygen atoms in total. The highest BCUT2D eigenvalue weighted by Crippen LogP contribution is 2.35. The van der Waals surface area contributed by atoms with E-state index in [-0.39, 0.29) is 11.9 Å². The monoisotopic (exact) mass is 156 g/mol. The van der Waals surface area contributed by atoms with Gasteiger partial charge in [-0.05, 0) is 12.8 Å². The number of carbonyl (C=O) groups excluding carboxylic acids is 1. The largest absolute Gasteiger partial charge is 0.465 e. The van der Waals surface area contributed by atoms with E-state index in [0.29, 0.717) is 12.5 Å². The molecule has 0 bridgehead atoms. The van der Waals surface area contributed by atoms with Gasteiger partial charge in [0.05, 0.1) is 18.6 Å². The molecule has 1 aliphatic carbocycles. The minimum atomic E-state index is -0.441. The van der Waals surface area contributed by atoms with Crippen LogP contribution in [0.4, 0.5) is 0 Å². The molecule has 11 heavy (non-hydrogen) atoms. The van der Waals surface area contributed by atoms with Gasteiger partial charge < -0.3 is 9.84 Å². The molecule has 2 aliphatic rings. The number of aliphatic hydroxyl groups excluding tert-OH is 1. The second kappa shape index (κ2) is 2.48. The van der Waals surface area contributed by atoms with Crippen molar-refractivity contribution in [2.45, 2.75) is 25.4 Å². The topological polar surface area (TPSA) is 46.5 Å². The summed E-state index contributed by atoms with van der Waals surface area (Å²) in [4.78, 5) is 11.0. The number of fused-ring (bicyclic) bond motifs is 1. The van der Waals surface area contributed by atoms with Gasteiger partial charge in [0.1, 0.15) is 0 Å². The number of ether oxygens (including phenoxy) is 1. The number of aliphatic hydroxyl groups is 1. The fourth-order valence-corrected chi connectivity index (χ4v) is 2.08. The Bertz CT molecular complexity index is 178. The Hall–Kier alpha value is -0.570. The Morgan fingerprint density at radius 2 is 2.27 bits per heavy atom. The number of esters is 1. The molecule has 0 aromatic heterocycles. The fraction of sp³-hybridized carbons (Fsp3) is 0.875. The van der Waals surface area contributed by atoms with Crippen molar-refractivity contribution < 1.29 is 14.6 Å². The summed E-state index contributed by atoms with van der Waals surface area (Å²) in [6, 6.07) is 0. The normalized spacial score (nSPS) is 43.4. The zero-order chi connectivity index (χ0) is 7.84. The van der Waals surface area contributed by atoms with Gasteiger partial charge in [0.25, 0.3) is 0 Å². The summed E-state index contributed by atoms with van der Waals surface area (Å²) in [6.45, 7) is 0.528. The maximum Gasteiger partial charge on any atom is 0.311 e. The second-order valence-electron chi connectivity index (χ2n) is 3.41. The van der Waals surface area contributed by atoms with Gasteiger partial charge in [-0.25, -0.2) is 0 Å². The maximum atomic E-state index is 11.0. The Kier molecular flexibility index (Phi) is 1.60. The quantitative estimate of drug-likeness (QED) is 0.514. The number of cyclic esters (lactones) is 1. The van der Waals surface area contributed by atoms with Crippen molar-refractivity contribution in [3.63, 3.8) is 0 Å². The van der Waals surface area contributed by atoms with Crippen LogP contribution in [-0.4, -0.2) is 23.8 Å². The fourth-order valence-electron chi connectivity index (χ4n) is 2.08. The van der Waals surface area contributed by atoms with Crippen molar-refractivity contribution in [1.29, 1.82) is 0 Å². The highest BCUT2D eigenvalue weighted by atomic mass is 16.5. The molecule has 0 aromatic rings. The second-order valence-corrected chi connectivity index (χ2v) is 3.41. The molecule has 0 unspecified atom stereocenters. The molecule has 2 rings (SSSR count). The van der Waals surface area contributed by atoms with Crippen LogP contribution in [0.5, 0.6) is 0 Å². The van der Waals surface area contributed by atoms with E-state index in [1.54, 1.807) is 0 Å². The van der Waals surface area contributed by atoms with Crippen molar-refractivity contribution in [2.24, 2.45) is 11.8 Å². The first-order chi connectivity index (χ1) is 5.29. The Morgan fingerprint density at radius 1 is 1.45 bits per heavy atom. The highest BCUT2D eigenvalue weighted by Gasteiger charge is 2.43. The van der Waals surface area contributed by atoms with E-state index < -0.39 is 6.10 Å². The zero-order valence-electron chi connectivity index (χ0n) is 6.32. The lowest BCUT2D eigenvalue weighted by molar-refractivity contribution is -0.144. The predicted octanol–water partition coefficient (Wildman–Crippen LogP) is 0.320.